The number of aromatic nitrogens is 4. The summed E-state index contributed by atoms with van der Waals surface area (Å²) >= 11 is 1.50. The van der Waals surface area contributed by atoms with Crippen LogP contribution in [0.4, 0.5) is 5.95 Å². The quantitative estimate of drug-likeness (QED) is 0.445. The van der Waals surface area contributed by atoms with Gasteiger partial charge in [0.25, 0.3) is 11.9 Å². The molecule has 0 spiro atoms. The molecule has 0 unspecified atom stereocenters. The van der Waals surface area contributed by atoms with Crippen molar-refractivity contribution in [3.05, 3.63) is 89.1 Å². The number of hydrogen-bond acceptors (Lipinski definition) is 4. The molecule has 6 nitrogen and oxygen atoms in total. The maximum absolute atomic E-state index is 12.7. The Morgan fingerprint density at radius 1 is 1.03 bits per heavy atom. The van der Waals surface area contributed by atoms with E-state index in [1.807, 2.05) is 46.6 Å². The van der Waals surface area contributed by atoms with Crippen LogP contribution in [0.5, 0.6) is 0 Å². The van der Waals surface area contributed by atoms with Crippen molar-refractivity contribution < 1.29 is 4.79 Å². The zero-order valence-corrected chi connectivity index (χ0v) is 17.4. The molecular formula is C23H19N5OS. The Morgan fingerprint density at radius 2 is 1.80 bits per heavy atom. The van der Waals surface area contributed by atoms with Crippen LogP contribution in [-0.4, -0.2) is 25.1 Å². The molecule has 30 heavy (non-hydrogen) atoms. The molecule has 7 heteroatoms. The second kappa shape index (κ2) is 7.27. The number of rotatable bonds is 4. The van der Waals surface area contributed by atoms with Crippen LogP contribution in [0, 0.1) is 13.8 Å². The Labute approximate surface area is 177 Å². The third-order valence-electron chi connectivity index (χ3n) is 5.00. The standard InChI is InChI=1S/C23H19N5OS/c1-15-5-10-19(16(2)13-15)20-14-30-23-25-22(26-28(20)23)24-21(29)17-6-8-18(9-7-17)27-11-3-4-12-27/h3-14H,1-2H3,(H,24,26,29). The van der Waals surface area contributed by atoms with Crippen molar-refractivity contribution in [3.63, 3.8) is 0 Å². The summed E-state index contributed by atoms with van der Waals surface area (Å²) in [5.41, 5.74) is 6.02. The number of thiazole rings is 1. The number of carbonyl (C=O) groups is 1. The molecule has 0 bridgehead atoms. The van der Waals surface area contributed by atoms with Crippen LogP contribution in [0.25, 0.3) is 21.9 Å². The molecule has 148 valence electrons. The van der Waals surface area contributed by atoms with Crippen molar-refractivity contribution in [1.29, 1.82) is 0 Å². The van der Waals surface area contributed by atoms with Gasteiger partial charge in [-0.3, -0.25) is 10.1 Å². The summed E-state index contributed by atoms with van der Waals surface area (Å²) in [7, 11) is 0. The Bertz CT molecular complexity index is 1350. The van der Waals surface area contributed by atoms with E-state index < -0.39 is 0 Å². The zero-order chi connectivity index (χ0) is 20.7. The van der Waals surface area contributed by atoms with Crippen LogP contribution in [0.3, 0.4) is 0 Å². The first-order chi connectivity index (χ1) is 14.6. The van der Waals surface area contributed by atoms with Crippen molar-refractivity contribution in [1.82, 2.24) is 19.2 Å². The first-order valence-corrected chi connectivity index (χ1v) is 10.4. The van der Waals surface area contributed by atoms with Gasteiger partial charge >= 0.3 is 0 Å². The molecule has 0 radical (unpaired) electrons. The van der Waals surface area contributed by atoms with E-state index in [1.54, 1.807) is 16.6 Å². The predicted molar refractivity (Wildman–Crippen MR) is 119 cm³/mol. The van der Waals surface area contributed by atoms with Gasteiger partial charge in [0.15, 0.2) is 0 Å². The number of carbonyl (C=O) groups excluding carboxylic acids is 1. The lowest BCUT2D eigenvalue weighted by Gasteiger charge is -2.05. The molecule has 1 amide bonds. The minimum Gasteiger partial charge on any atom is -0.324 e. The van der Waals surface area contributed by atoms with Gasteiger partial charge in [-0.2, -0.15) is 4.98 Å². The topological polar surface area (TPSA) is 64.2 Å². The summed E-state index contributed by atoms with van der Waals surface area (Å²) in [4.78, 5) is 17.9. The Hall–Kier alpha value is -3.71. The maximum Gasteiger partial charge on any atom is 0.258 e. The molecule has 0 saturated carbocycles. The largest absolute Gasteiger partial charge is 0.324 e. The predicted octanol–water partition coefficient (Wildman–Crippen LogP) is 5.12. The molecule has 0 aliphatic carbocycles. The molecule has 5 rings (SSSR count). The highest BCUT2D eigenvalue weighted by molar-refractivity contribution is 7.15. The average Bonchev–Trinajstić information content (AvgIpc) is 3.46. The fourth-order valence-corrected chi connectivity index (χ4v) is 4.31. The number of anilines is 1. The first-order valence-electron chi connectivity index (χ1n) is 9.55. The molecule has 3 aromatic heterocycles. The summed E-state index contributed by atoms with van der Waals surface area (Å²) < 4.78 is 3.77. The van der Waals surface area contributed by atoms with Gasteiger partial charge < -0.3 is 4.57 Å². The Kier molecular flexibility index (Phi) is 4.44. The fourth-order valence-electron chi connectivity index (χ4n) is 3.49. The minimum atomic E-state index is -0.236. The molecule has 3 heterocycles. The van der Waals surface area contributed by atoms with Crippen LogP contribution < -0.4 is 5.32 Å². The van der Waals surface area contributed by atoms with E-state index in [0.717, 1.165) is 21.9 Å². The fraction of sp³-hybridized carbons (Fsp3) is 0.0870. The van der Waals surface area contributed by atoms with Crippen LogP contribution in [0.2, 0.25) is 0 Å². The van der Waals surface area contributed by atoms with Gasteiger partial charge in [0, 0.05) is 34.6 Å². The molecule has 0 fully saturated rings. The smallest absolute Gasteiger partial charge is 0.258 e. The lowest BCUT2D eigenvalue weighted by molar-refractivity contribution is 0.102. The molecule has 0 aliphatic rings. The van der Waals surface area contributed by atoms with Gasteiger partial charge in [-0.05, 0) is 55.8 Å². The summed E-state index contributed by atoms with van der Waals surface area (Å²) in [5.74, 6) is 0.0627. The normalized spacial score (nSPS) is 11.1. The number of benzene rings is 2. The van der Waals surface area contributed by atoms with Gasteiger partial charge in [-0.15, -0.1) is 16.4 Å². The summed E-state index contributed by atoms with van der Waals surface area (Å²) in [6.45, 7) is 4.16. The van der Waals surface area contributed by atoms with E-state index in [-0.39, 0.29) is 5.91 Å². The SMILES string of the molecule is Cc1ccc(-c2csc3nc(NC(=O)c4ccc(-n5cccc5)cc4)nn23)c(C)c1. The number of nitrogens with one attached hydrogen (secondary N) is 1. The molecule has 0 saturated heterocycles. The van der Waals surface area contributed by atoms with Gasteiger partial charge in [-0.25, -0.2) is 4.52 Å². The van der Waals surface area contributed by atoms with Crippen LogP contribution in [0.15, 0.2) is 72.4 Å². The van der Waals surface area contributed by atoms with E-state index in [4.69, 9.17) is 0 Å². The maximum atomic E-state index is 12.7. The van der Waals surface area contributed by atoms with Gasteiger partial charge in [0.2, 0.25) is 4.96 Å². The summed E-state index contributed by atoms with van der Waals surface area (Å²) in [6, 6.07) is 17.7. The van der Waals surface area contributed by atoms with Crippen molar-refractivity contribution in [3.8, 4) is 16.9 Å². The van der Waals surface area contributed by atoms with Crippen LogP contribution >= 0.6 is 11.3 Å². The summed E-state index contributed by atoms with van der Waals surface area (Å²) in [5, 5.41) is 9.36. The third-order valence-corrected chi connectivity index (χ3v) is 5.81. The number of hydrogen-bond donors (Lipinski definition) is 1. The highest BCUT2D eigenvalue weighted by Crippen LogP contribution is 2.29. The highest BCUT2D eigenvalue weighted by atomic mass is 32.1. The molecule has 2 aromatic carbocycles. The Balaban J connectivity index is 1.39. The molecule has 1 N–H and O–H groups in total. The average molecular weight is 414 g/mol. The van der Waals surface area contributed by atoms with Gasteiger partial charge in [-0.1, -0.05) is 23.8 Å². The van der Waals surface area contributed by atoms with Crippen LogP contribution in [-0.2, 0) is 0 Å². The molecule has 0 atom stereocenters. The van der Waals surface area contributed by atoms with E-state index in [2.05, 4.69) is 47.4 Å². The lowest BCUT2D eigenvalue weighted by Crippen LogP contribution is -2.13. The second-order valence-corrected chi connectivity index (χ2v) is 8.00. The summed E-state index contributed by atoms with van der Waals surface area (Å²) in [6.07, 6.45) is 3.92. The van der Waals surface area contributed by atoms with Gasteiger partial charge in [0.1, 0.15) is 0 Å². The third kappa shape index (κ3) is 3.29. The van der Waals surface area contributed by atoms with E-state index in [0.29, 0.717) is 11.5 Å². The second-order valence-electron chi connectivity index (χ2n) is 7.16. The number of amides is 1. The zero-order valence-electron chi connectivity index (χ0n) is 16.5. The monoisotopic (exact) mass is 413 g/mol. The van der Waals surface area contributed by atoms with Crippen LogP contribution in [0.1, 0.15) is 21.5 Å². The van der Waals surface area contributed by atoms with E-state index in [1.165, 1.54) is 22.5 Å². The van der Waals surface area contributed by atoms with Crippen molar-refractivity contribution in [2.24, 2.45) is 0 Å². The van der Waals surface area contributed by atoms with Gasteiger partial charge in [0.05, 0.1) is 5.69 Å². The minimum absolute atomic E-state index is 0.236. The van der Waals surface area contributed by atoms with E-state index >= 15 is 0 Å². The first kappa shape index (κ1) is 18.3. The van der Waals surface area contributed by atoms with Crippen molar-refractivity contribution in [2.75, 3.05) is 5.32 Å². The van der Waals surface area contributed by atoms with Crippen molar-refractivity contribution >= 4 is 28.2 Å². The molecular weight excluding hydrogens is 394 g/mol. The van der Waals surface area contributed by atoms with E-state index in [9.17, 15) is 4.79 Å². The number of fused-ring (bicyclic) bond motifs is 1. The number of aryl methyl sites for hydroxylation is 2. The number of nitrogens with zero attached hydrogens (tertiary/aromatic N) is 4. The molecule has 5 aromatic rings. The Morgan fingerprint density at radius 3 is 2.53 bits per heavy atom. The highest BCUT2D eigenvalue weighted by Gasteiger charge is 2.15. The molecule has 0 aliphatic heterocycles. The lowest BCUT2D eigenvalue weighted by atomic mass is 10.0. The van der Waals surface area contributed by atoms with Crippen molar-refractivity contribution in [2.45, 2.75) is 13.8 Å².